The average Bonchev–Trinajstić information content (AvgIpc) is 2.62. The number of hydrogen-bond acceptors (Lipinski definition) is 2. The van der Waals surface area contributed by atoms with Crippen LogP contribution < -0.4 is 0 Å². The predicted octanol–water partition coefficient (Wildman–Crippen LogP) is 3.53. The van der Waals surface area contributed by atoms with Crippen LogP contribution in [0, 0.1) is 11.8 Å². The van der Waals surface area contributed by atoms with Crippen molar-refractivity contribution < 1.29 is 9.90 Å². The van der Waals surface area contributed by atoms with Gasteiger partial charge in [-0.2, -0.15) is 0 Å². The Morgan fingerprint density at radius 2 is 1.84 bits per heavy atom. The molecule has 2 atom stereocenters. The summed E-state index contributed by atoms with van der Waals surface area (Å²) >= 11 is 0. The molecule has 1 aliphatic carbocycles. The van der Waals surface area contributed by atoms with Crippen molar-refractivity contribution >= 4 is 5.97 Å². The van der Waals surface area contributed by atoms with Crippen LogP contribution in [-0.4, -0.2) is 35.1 Å². The molecule has 2 unspecified atom stereocenters. The summed E-state index contributed by atoms with van der Waals surface area (Å²) in [6, 6.07) is 0.811. The Morgan fingerprint density at radius 1 is 1.11 bits per heavy atom. The van der Waals surface area contributed by atoms with E-state index in [0.717, 1.165) is 18.4 Å². The lowest BCUT2D eigenvalue weighted by atomic mass is 9.90. The third-order valence-corrected chi connectivity index (χ3v) is 5.16. The van der Waals surface area contributed by atoms with Gasteiger partial charge in [-0.15, -0.1) is 0 Å². The van der Waals surface area contributed by atoms with Crippen LogP contribution in [0.15, 0.2) is 0 Å². The zero-order valence-electron chi connectivity index (χ0n) is 12.3. The normalized spacial score (nSPS) is 31.0. The summed E-state index contributed by atoms with van der Waals surface area (Å²) in [7, 11) is 0. The molecule has 0 bridgehead atoms. The molecule has 0 spiro atoms. The van der Waals surface area contributed by atoms with Crippen molar-refractivity contribution in [3.8, 4) is 0 Å². The molecule has 1 saturated carbocycles. The molecule has 1 N–H and O–H groups in total. The molecular formula is C16H29NO2. The number of piperidine rings is 1. The van der Waals surface area contributed by atoms with Gasteiger partial charge in [-0.1, -0.05) is 19.8 Å². The highest BCUT2D eigenvalue weighted by Crippen LogP contribution is 2.30. The van der Waals surface area contributed by atoms with Gasteiger partial charge < -0.3 is 10.0 Å². The molecule has 0 aromatic rings. The molecule has 0 aromatic carbocycles. The number of aliphatic carboxylic acids is 1. The molecule has 2 aliphatic rings. The Balaban J connectivity index is 1.71. The zero-order valence-corrected chi connectivity index (χ0v) is 12.3. The van der Waals surface area contributed by atoms with Crippen LogP contribution in [0.25, 0.3) is 0 Å². The first-order valence-electron chi connectivity index (χ1n) is 8.11. The van der Waals surface area contributed by atoms with Gasteiger partial charge in [-0.3, -0.25) is 4.79 Å². The highest BCUT2D eigenvalue weighted by atomic mass is 16.4. The van der Waals surface area contributed by atoms with Gasteiger partial charge in [0.25, 0.3) is 0 Å². The fraction of sp³-hybridized carbons (Fsp3) is 0.938. The number of carboxylic acid groups (broad SMARTS) is 1. The zero-order chi connectivity index (χ0) is 13.7. The molecule has 1 heterocycles. The summed E-state index contributed by atoms with van der Waals surface area (Å²) in [6.07, 6.45) is 10.6. The maximum absolute atomic E-state index is 10.6. The summed E-state index contributed by atoms with van der Waals surface area (Å²) in [5.41, 5.74) is 0. The van der Waals surface area contributed by atoms with Crippen molar-refractivity contribution in [3.63, 3.8) is 0 Å². The molecule has 2 rings (SSSR count). The number of rotatable bonds is 4. The van der Waals surface area contributed by atoms with Gasteiger partial charge >= 0.3 is 5.97 Å². The Morgan fingerprint density at radius 3 is 2.53 bits per heavy atom. The third-order valence-electron chi connectivity index (χ3n) is 5.16. The molecule has 0 radical (unpaired) electrons. The van der Waals surface area contributed by atoms with Crippen LogP contribution in [0.3, 0.4) is 0 Å². The van der Waals surface area contributed by atoms with Crippen molar-refractivity contribution in [2.24, 2.45) is 11.8 Å². The highest BCUT2D eigenvalue weighted by Gasteiger charge is 2.26. The van der Waals surface area contributed by atoms with Gasteiger partial charge in [0, 0.05) is 12.5 Å². The van der Waals surface area contributed by atoms with E-state index in [-0.39, 0.29) is 0 Å². The first kappa shape index (κ1) is 14.8. The minimum absolute atomic E-state index is 0.353. The van der Waals surface area contributed by atoms with Crippen molar-refractivity contribution in [1.82, 2.24) is 4.90 Å². The highest BCUT2D eigenvalue weighted by molar-refractivity contribution is 5.66. The maximum atomic E-state index is 10.6. The van der Waals surface area contributed by atoms with Crippen molar-refractivity contribution in [2.45, 2.75) is 70.8 Å². The van der Waals surface area contributed by atoms with Crippen molar-refractivity contribution in [3.05, 3.63) is 0 Å². The minimum atomic E-state index is -0.639. The summed E-state index contributed by atoms with van der Waals surface area (Å²) in [6.45, 7) is 4.78. The van der Waals surface area contributed by atoms with Gasteiger partial charge in [0.05, 0.1) is 0 Å². The van der Waals surface area contributed by atoms with E-state index in [1.165, 1.54) is 58.0 Å². The van der Waals surface area contributed by atoms with E-state index in [2.05, 4.69) is 11.8 Å². The summed E-state index contributed by atoms with van der Waals surface area (Å²) in [5.74, 6) is 0.926. The van der Waals surface area contributed by atoms with E-state index in [1.807, 2.05) is 0 Å². The average molecular weight is 267 g/mol. The largest absolute Gasteiger partial charge is 0.481 e. The third kappa shape index (κ3) is 4.79. The number of carbonyl (C=O) groups is 1. The first-order chi connectivity index (χ1) is 9.15. The SMILES string of the molecule is CC1CCCC(N2CCC(CCC(=O)O)CC2)CC1. The van der Waals surface area contributed by atoms with Crippen LogP contribution >= 0.6 is 0 Å². The van der Waals surface area contributed by atoms with E-state index in [4.69, 9.17) is 5.11 Å². The number of nitrogens with zero attached hydrogens (tertiary/aromatic N) is 1. The van der Waals surface area contributed by atoms with Crippen LogP contribution in [-0.2, 0) is 4.79 Å². The van der Waals surface area contributed by atoms with Crippen molar-refractivity contribution in [2.75, 3.05) is 13.1 Å². The maximum Gasteiger partial charge on any atom is 0.303 e. The van der Waals surface area contributed by atoms with E-state index >= 15 is 0 Å². The standard InChI is InChI=1S/C16H29NO2/c1-13-3-2-4-15(7-5-13)17-11-9-14(10-12-17)6-8-16(18)19/h13-15H,2-12H2,1H3,(H,18,19). The van der Waals surface area contributed by atoms with Gasteiger partial charge in [-0.05, 0) is 63.5 Å². The van der Waals surface area contributed by atoms with E-state index in [1.54, 1.807) is 0 Å². The second kappa shape index (κ2) is 7.28. The van der Waals surface area contributed by atoms with Crippen LogP contribution in [0.4, 0.5) is 0 Å². The molecule has 0 aromatic heterocycles. The smallest absolute Gasteiger partial charge is 0.303 e. The lowest BCUT2D eigenvalue weighted by Gasteiger charge is -2.37. The van der Waals surface area contributed by atoms with E-state index in [9.17, 15) is 4.79 Å². The second-order valence-corrected chi connectivity index (χ2v) is 6.68. The van der Waals surface area contributed by atoms with Gasteiger partial charge in [0.15, 0.2) is 0 Å². The topological polar surface area (TPSA) is 40.5 Å². The first-order valence-corrected chi connectivity index (χ1v) is 8.11. The Hall–Kier alpha value is -0.570. The number of carboxylic acids is 1. The summed E-state index contributed by atoms with van der Waals surface area (Å²) in [5, 5.41) is 8.75. The van der Waals surface area contributed by atoms with E-state index in [0.29, 0.717) is 12.3 Å². The molecule has 1 saturated heterocycles. The second-order valence-electron chi connectivity index (χ2n) is 6.68. The monoisotopic (exact) mass is 267 g/mol. The fourth-order valence-electron chi connectivity index (χ4n) is 3.77. The lowest BCUT2D eigenvalue weighted by Crippen LogP contribution is -2.41. The quantitative estimate of drug-likeness (QED) is 0.792. The molecule has 1 aliphatic heterocycles. The Kier molecular flexibility index (Phi) is 5.68. The molecule has 110 valence electrons. The van der Waals surface area contributed by atoms with Crippen molar-refractivity contribution in [1.29, 1.82) is 0 Å². The fourth-order valence-corrected chi connectivity index (χ4v) is 3.77. The molecule has 0 amide bonds. The number of hydrogen-bond donors (Lipinski definition) is 1. The van der Waals surface area contributed by atoms with E-state index < -0.39 is 5.97 Å². The minimum Gasteiger partial charge on any atom is -0.481 e. The summed E-state index contributed by atoms with van der Waals surface area (Å²) < 4.78 is 0. The molecule has 19 heavy (non-hydrogen) atoms. The van der Waals surface area contributed by atoms with Crippen LogP contribution in [0.5, 0.6) is 0 Å². The Bertz CT molecular complexity index is 284. The molecular weight excluding hydrogens is 238 g/mol. The van der Waals surface area contributed by atoms with Crippen LogP contribution in [0.1, 0.15) is 64.7 Å². The van der Waals surface area contributed by atoms with Crippen LogP contribution in [0.2, 0.25) is 0 Å². The Labute approximate surface area is 117 Å². The summed E-state index contributed by atoms with van der Waals surface area (Å²) in [4.78, 5) is 13.3. The van der Waals surface area contributed by atoms with Gasteiger partial charge in [0.2, 0.25) is 0 Å². The van der Waals surface area contributed by atoms with Gasteiger partial charge in [-0.25, -0.2) is 0 Å². The molecule has 3 nitrogen and oxygen atoms in total. The molecule has 2 fully saturated rings. The molecule has 3 heteroatoms. The van der Waals surface area contributed by atoms with Gasteiger partial charge in [0.1, 0.15) is 0 Å². The lowest BCUT2D eigenvalue weighted by molar-refractivity contribution is -0.137. The predicted molar refractivity (Wildman–Crippen MR) is 77.2 cm³/mol. The number of likely N-dealkylation sites (tertiary alicyclic amines) is 1.